The Morgan fingerprint density at radius 2 is 2.14 bits per heavy atom. The van der Waals surface area contributed by atoms with Crippen LogP contribution in [0.4, 0.5) is 0 Å². The Hall–Kier alpha value is -3.34. The Balaban J connectivity index is 1.51. The van der Waals surface area contributed by atoms with Crippen LogP contribution in [0.2, 0.25) is 0 Å². The van der Waals surface area contributed by atoms with E-state index in [1.165, 1.54) is 0 Å². The summed E-state index contributed by atoms with van der Waals surface area (Å²) in [6.45, 7) is 2.95. The molecule has 1 amide bonds. The average molecular weight is 389 g/mol. The maximum atomic E-state index is 12.5. The molecule has 2 heterocycles. The molecule has 2 atom stereocenters. The summed E-state index contributed by atoms with van der Waals surface area (Å²) in [6, 6.07) is 17.1. The van der Waals surface area contributed by atoms with E-state index in [9.17, 15) is 4.79 Å². The van der Waals surface area contributed by atoms with E-state index < -0.39 is 0 Å². The minimum absolute atomic E-state index is 0.0593. The molecule has 0 saturated carbocycles. The number of fused-ring (bicyclic) bond motifs is 1. The smallest absolute Gasteiger partial charge is 0.252 e. The number of carbonyl (C=O) groups excluding carboxylic acids is 1. The number of carbonyl (C=O) groups is 1. The number of methoxy groups -OCH3 is 1. The summed E-state index contributed by atoms with van der Waals surface area (Å²) in [4.78, 5) is 12.5. The van der Waals surface area contributed by atoms with Crippen molar-refractivity contribution in [1.82, 2.24) is 20.7 Å². The van der Waals surface area contributed by atoms with Gasteiger partial charge < -0.3 is 14.6 Å². The van der Waals surface area contributed by atoms with Gasteiger partial charge >= 0.3 is 0 Å². The van der Waals surface area contributed by atoms with Gasteiger partial charge in [0.15, 0.2) is 0 Å². The van der Waals surface area contributed by atoms with Crippen LogP contribution in [0.1, 0.15) is 41.0 Å². The third-order valence-electron chi connectivity index (χ3n) is 5.28. The zero-order valence-corrected chi connectivity index (χ0v) is 16.4. The lowest BCUT2D eigenvalue weighted by molar-refractivity contribution is 0.0932. The number of nitriles is 1. The van der Waals surface area contributed by atoms with E-state index >= 15 is 0 Å². The lowest BCUT2D eigenvalue weighted by atomic mass is 10.1. The maximum Gasteiger partial charge on any atom is 0.252 e. The summed E-state index contributed by atoms with van der Waals surface area (Å²) in [6.07, 6.45) is 0.494. The molecule has 0 spiro atoms. The van der Waals surface area contributed by atoms with Gasteiger partial charge in [-0.1, -0.05) is 6.07 Å². The number of rotatable bonds is 5. The van der Waals surface area contributed by atoms with Crippen LogP contribution in [-0.4, -0.2) is 23.7 Å². The minimum Gasteiger partial charge on any atom is -0.497 e. The molecular weight excluding hydrogens is 366 g/mol. The van der Waals surface area contributed by atoms with Crippen LogP contribution in [-0.2, 0) is 6.54 Å². The minimum atomic E-state index is -0.212. The van der Waals surface area contributed by atoms with Crippen molar-refractivity contribution in [2.45, 2.75) is 32.1 Å². The average Bonchev–Trinajstić information content (AvgIpc) is 3.37. The maximum absolute atomic E-state index is 12.5. The van der Waals surface area contributed by atoms with E-state index in [1.807, 2.05) is 12.1 Å². The molecule has 4 rings (SSSR count). The fraction of sp³-hybridized carbons (Fsp3) is 0.273. The highest BCUT2D eigenvalue weighted by Crippen LogP contribution is 2.30. The number of nitrogens with zero attached hydrogens (tertiary/aromatic N) is 2. The Morgan fingerprint density at radius 3 is 2.90 bits per heavy atom. The monoisotopic (exact) mass is 389 g/mol. The number of aromatic nitrogens is 1. The summed E-state index contributed by atoms with van der Waals surface area (Å²) < 4.78 is 7.63. The van der Waals surface area contributed by atoms with Crippen LogP contribution in [0, 0.1) is 11.3 Å². The van der Waals surface area contributed by atoms with Gasteiger partial charge in [-0.05, 0) is 43.3 Å². The first-order valence-electron chi connectivity index (χ1n) is 9.62. The Kier molecular flexibility index (Phi) is 5.21. The molecule has 1 aliphatic heterocycles. The summed E-state index contributed by atoms with van der Waals surface area (Å²) >= 11 is 0. The number of nitrogens with one attached hydrogen (secondary N) is 3. The molecule has 0 bridgehead atoms. The van der Waals surface area contributed by atoms with Gasteiger partial charge in [0.2, 0.25) is 0 Å². The van der Waals surface area contributed by atoms with Gasteiger partial charge in [-0.2, -0.15) is 5.26 Å². The Labute approximate surface area is 169 Å². The number of benzene rings is 2. The number of hydrogen-bond acceptors (Lipinski definition) is 5. The van der Waals surface area contributed by atoms with Crippen molar-refractivity contribution in [2.75, 3.05) is 7.11 Å². The molecule has 7 heteroatoms. The van der Waals surface area contributed by atoms with Crippen LogP contribution in [0.25, 0.3) is 10.9 Å². The quantitative estimate of drug-likeness (QED) is 0.624. The summed E-state index contributed by atoms with van der Waals surface area (Å²) in [5.41, 5.74) is 9.70. The van der Waals surface area contributed by atoms with E-state index in [4.69, 9.17) is 10.00 Å². The van der Waals surface area contributed by atoms with E-state index in [0.29, 0.717) is 17.5 Å². The third-order valence-corrected chi connectivity index (χ3v) is 5.28. The predicted molar refractivity (Wildman–Crippen MR) is 110 cm³/mol. The van der Waals surface area contributed by atoms with Gasteiger partial charge in [-0.25, -0.2) is 10.9 Å². The normalized spacial score (nSPS) is 18.5. The first-order valence-corrected chi connectivity index (χ1v) is 9.62. The Morgan fingerprint density at radius 1 is 1.28 bits per heavy atom. The van der Waals surface area contributed by atoms with Gasteiger partial charge in [0.1, 0.15) is 5.75 Å². The molecule has 1 aromatic heterocycles. The molecule has 29 heavy (non-hydrogen) atoms. The van der Waals surface area contributed by atoms with Crippen molar-refractivity contribution in [3.8, 4) is 11.8 Å². The molecule has 3 aromatic rings. The highest BCUT2D eigenvalue weighted by molar-refractivity contribution is 5.94. The van der Waals surface area contributed by atoms with Crippen molar-refractivity contribution in [3.05, 3.63) is 65.4 Å². The number of aryl methyl sites for hydroxylation is 1. The highest BCUT2D eigenvalue weighted by atomic mass is 16.5. The zero-order chi connectivity index (χ0) is 20.4. The molecule has 2 aromatic carbocycles. The summed E-state index contributed by atoms with van der Waals surface area (Å²) in [5, 5.41) is 13.2. The van der Waals surface area contributed by atoms with E-state index in [2.05, 4.69) is 45.9 Å². The lowest BCUT2D eigenvalue weighted by Crippen LogP contribution is -2.44. The van der Waals surface area contributed by atoms with Gasteiger partial charge in [-0.3, -0.25) is 4.79 Å². The molecule has 3 N–H and O–H groups in total. The van der Waals surface area contributed by atoms with Crippen molar-refractivity contribution in [1.29, 1.82) is 5.26 Å². The predicted octanol–water partition coefficient (Wildman–Crippen LogP) is 2.84. The highest BCUT2D eigenvalue weighted by Gasteiger charge is 2.29. The number of hydrogen-bond donors (Lipinski definition) is 3. The molecule has 1 saturated heterocycles. The second kappa shape index (κ2) is 7.95. The van der Waals surface area contributed by atoms with Gasteiger partial charge in [-0.15, -0.1) is 0 Å². The zero-order valence-electron chi connectivity index (χ0n) is 16.4. The number of ether oxygens (including phenoxy) is 1. The molecule has 0 radical (unpaired) electrons. The second-order valence-corrected chi connectivity index (χ2v) is 7.03. The Bertz CT molecular complexity index is 1100. The summed E-state index contributed by atoms with van der Waals surface area (Å²) in [7, 11) is 1.67. The van der Waals surface area contributed by atoms with Gasteiger partial charge in [0, 0.05) is 35.7 Å². The molecule has 0 aliphatic carbocycles. The van der Waals surface area contributed by atoms with Crippen molar-refractivity contribution < 1.29 is 9.53 Å². The van der Waals surface area contributed by atoms with Crippen LogP contribution in [0.15, 0.2) is 48.5 Å². The fourth-order valence-corrected chi connectivity index (χ4v) is 3.84. The van der Waals surface area contributed by atoms with Crippen LogP contribution >= 0.6 is 0 Å². The van der Waals surface area contributed by atoms with Crippen LogP contribution < -0.4 is 20.9 Å². The molecule has 2 unspecified atom stereocenters. The van der Waals surface area contributed by atoms with Crippen molar-refractivity contribution >= 4 is 16.8 Å². The first kappa shape index (κ1) is 19.0. The molecule has 1 aliphatic rings. The molecule has 1 fully saturated rings. The largest absolute Gasteiger partial charge is 0.497 e. The number of amides is 1. The molecule has 7 nitrogen and oxygen atoms in total. The van der Waals surface area contributed by atoms with E-state index in [0.717, 1.165) is 28.9 Å². The topological polar surface area (TPSA) is 91.1 Å². The fourth-order valence-electron chi connectivity index (χ4n) is 3.84. The third kappa shape index (κ3) is 3.68. The van der Waals surface area contributed by atoms with Crippen LogP contribution in [0.5, 0.6) is 5.75 Å². The lowest BCUT2D eigenvalue weighted by Gasteiger charge is -2.14. The van der Waals surface area contributed by atoms with Gasteiger partial charge in [0.05, 0.1) is 36.5 Å². The van der Waals surface area contributed by atoms with Gasteiger partial charge in [0.25, 0.3) is 5.91 Å². The van der Waals surface area contributed by atoms with Crippen LogP contribution in [0.3, 0.4) is 0 Å². The summed E-state index contributed by atoms with van der Waals surface area (Å²) in [5.74, 6) is 0.627. The van der Waals surface area contributed by atoms with Crippen molar-refractivity contribution in [2.24, 2.45) is 0 Å². The van der Waals surface area contributed by atoms with E-state index in [1.54, 1.807) is 31.4 Å². The van der Waals surface area contributed by atoms with E-state index in [-0.39, 0.29) is 18.1 Å². The first-order chi connectivity index (χ1) is 14.1. The molecular formula is C22H23N5O2. The van der Waals surface area contributed by atoms with Crippen molar-refractivity contribution in [3.63, 3.8) is 0 Å². The standard InChI is InChI=1S/C22H23N5O2/c1-3-27-19-11-17(29-2)8-7-15(19)10-20(27)18-12-21(26-25-18)24-22(28)16-6-4-5-14(9-16)13-23/h4-11,18,21,25-26H,3,12H2,1-2H3,(H,24,28). The number of hydrazine groups is 1. The SMILES string of the molecule is CCn1c(C2CC(NC(=O)c3cccc(C#N)c3)NN2)cc2ccc(OC)cc21. The second-order valence-electron chi connectivity index (χ2n) is 7.03. The molecule has 148 valence electrons.